The topological polar surface area (TPSA) is 65.7 Å². The largest absolute Gasteiger partial charge is 0.474 e. The summed E-state index contributed by atoms with van der Waals surface area (Å²) in [6.07, 6.45) is 0. The molecule has 0 spiro atoms. The second-order valence-corrected chi connectivity index (χ2v) is 3.43. The van der Waals surface area contributed by atoms with Crippen LogP contribution in [0.5, 0.6) is 5.75 Å². The van der Waals surface area contributed by atoms with Crippen LogP contribution in [-0.4, -0.2) is 19.2 Å². The van der Waals surface area contributed by atoms with Crippen LogP contribution in [0.4, 0.5) is 0 Å². The first-order valence-corrected chi connectivity index (χ1v) is 5.44. The van der Waals surface area contributed by atoms with Crippen molar-refractivity contribution in [2.75, 3.05) is 13.2 Å². The van der Waals surface area contributed by atoms with Gasteiger partial charge in [0, 0.05) is 11.5 Å². The first-order valence-electron chi connectivity index (χ1n) is 5.44. The first-order chi connectivity index (χ1) is 8.70. The normalized spacial score (nSPS) is 10.3. The van der Waals surface area contributed by atoms with Crippen LogP contribution in [0.15, 0.2) is 33.5 Å². The highest BCUT2D eigenvalue weighted by Gasteiger charge is 2.09. The van der Waals surface area contributed by atoms with Gasteiger partial charge in [-0.2, -0.15) is 0 Å². The number of hydrogen-bond donors (Lipinski definition) is 0. The molecule has 0 fully saturated rings. The van der Waals surface area contributed by atoms with Crippen LogP contribution in [-0.2, 0) is 9.53 Å². The van der Waals surface area contributed by atoms with Gasteiger partial charge in [0.1, 0.15) is 5.58 Å². The zero-order valence-electron chi connectivity index (χ0n) is 9.76. The maximum atomic E-state index is 11.5. The number of ether oxygens (including phenoxy) is 2. The van der Waals surface area contributed by atoms with Gasteiger partial charge < -0.3 is 13.9 Å². The molecule has 18 heavy (non-hydrogen) atoms. The van der Waals surface area contributed by atoms with E-state index in [2.05, 4.69) is 10.8 Å². The van der Waals surface area contributed by atoms with E-state index < -0.39 is 11.6 Å². The predicted octanol–water partition coefficient (Wildman–Crippen LogP) is 1.54. The van der Waals surface area contributed by atoms with Crippen molar-refractivity contribution in [3.8, 4) is 5.75 Å². The lowest BCUT2D eigenvalue weighted by Gasteiger charge is -2.04. The number of esters is 1. The molecule has 5 nitrogen and oxygen atoms in total. The van der Waals surface area contributed by atoms with Crippen LogP contribution in [0.1, 0.15) is 6.92 Å². The van der Waals surface area contributed by atoms with Crippen molar-refractivity contribution >= 4 is 16.9 Å². The van der Waals surface area contributed by atoms with Gasteiger partial charge in [-0.05, 0) is 13.0 Å². The van der Waals surface area contributed by atoms with Gasteiger partial charge in [-0.15, -0.1) is 0 Å². The van der Waals surface area contributed by atoms with E-state index in [4.69, 9.17) is 9.15 Å². The summed E-state index contributed by atoms with van der Waals surface area (Å²) in [4.78, 5) is 22.6. The summed E-state index contributed by atoms with van der Waals surface area (Å²) in [5.41, 5.74) is -0.246. The summed E-state index contributed by atoms with van der Waals surface area (Å²) in [7, 11) is 0. The summed E-state index contributed by atoms with van der Waals surface area (Å²) in [6.45, 7) is 1.61. The third kappa shape index (κ3) is 2.68. The highest BCUT2D eigenvalue weighted by atomic mass is 16.6. The molecule has 0 atom stereocenters. The molecule has 0 N–H and O–H groups in total. The highest BCUT2D eigenvalue weighted by molar-refractivity contribution is 5.76. The Hall–Kier alpha value is -2.30. The Labute approximate surface area is 103 Å². The van der Waals surface area contributed by atoms with E-state index in [1.807, 2.05) is 0 Å². The Kier molecular flexibility index (Phi) is 3.62. The zero-order chi connectivity index (χ0) is 13.0. The third-order valence-corrected chi connectivity index (χ3v) is 2.16. The third-order valence-electron chi connectivity index (χ3n) is 2.16. The Balaban J connectivity index is 2.20. The molecule has 93 valence electrons. The summed E-state index contributed by atoms with van der Waals surface area (Å²) >= 11 is 0. The number of benzene rings is 1. The fourth-order valence-corrected chi connectivity index (χ4v) is 1.41. The summed E-state index contributed by atoms with van der Waals surface area (Å²) in [5.74, 6) is -0.666. The average Bonchev–Trinajstić information content (AvgIpc) is 2.36. The molecule has 0 amide bonds. The first kappa shape index (κ1) is 12.2. The van der Waals surface area contributed by atoms with Crippen LogP contribution in [0.3, 0.4) is 0 Å². The van der Waals surface area contributed by atoms with Crippen molar-refractivity contribution in [2.45, 2.75) is 6.92 Å². The van der Waals surface area contributed by atoms with Crippen LogP contribution in [0, 0.1) is 6.07 Å². The van der Waals surface area contributed by atoms with E-state index in [9.17, 15) is 9.59 Å². The second kappa shape index (κ2) is 5.35. The molecule has 0 aliphatic carbocycles. The van der Waals surface area contributed by atoms with Crippen molar-refractivity contribution in [3.05, 3.63) is 40.8 Å². The molecule has 1 aromatic carbocycles. The van der Waals surface area contributed by atoms with Crippen LogP contribution >= 0.6 is 0 Å². The van der Waals surface area contributed by atoms with E-state index in [-0.39, 0.29) is 19.0 Å². The van der Waals surface area contributed by atoms with Gasteiger partial charge in [-0.1, -0.05) is 18.2 Å². The molecule has 1 aromatic heterocycles. The summed E-state index contributed by atoms with van der Waals surface area (Å²) < 4.78 is 14.7. The maximum absolute atomic E-state index is 11.5. The van der Waals surface area contributed by atoms with Gasteiger partial charge in [0.25, 0.3) is 0 Å². The van der Waals surface area contributed by atoms with E-state index in [1.165, 1.54) is 0 Å². The standard InChI is InChI=1S/C13H11O5/c1-2-16-12(14)8-17-11-7-9-5-3-4-6-10(9)18-13(11)15/h3-6H,2,8H2,1H3. The molecule has 1 radical (unpaired) electrons. The van der Waals surface area contributed by atoms with E-state index in [1.54, 1.807) is 31.2 Å². The molecule has 1 heterocycles. The van der Waals surface area contributed by atoms with Gasteiger partial charge >= 0.3 is 11.6 Å². The Bertz CT molecular complexity index is 614. The molecule has 0 aliphatic rings. The Morgan fingerprint density at radius 3 is 2.94 bits per heavy atom. The number of fused-ring (bicyclic) bond motifs is 1. The molecule has 2 rings (SSSR count). The highest BCUT2D eigenvalue weighted by Crippen LogP contribution is 2.15. The quantitative estimate of drug-likeness (QED) is 0.605. The lowest BCUT2D eigenvalue weighted by molar-refractivity contribution is -0.145. The molecule has 0 saturated carbocycles. The van der Waals surface area contributed by atoms with E-state index >= 15 is 0 Å². The monoisotopic (exact) mass is 247 g/mol. The molecular formula is C13H11O5. The van der Waals surface area contributed by atoms with Gasteiger partial charge in [0.15, 0.2) is 6.61 Å². The fraction of sp³-hybridized carbons (Fsp3) is 0.231. The molecular weight excluding hydrogens is 236 g/mol. The maximum Gasteiger partial charge on any atom is 0.379 e. The fourth-order valence-electron chi connectivity index (χ4n) is 1.41. The minimum atomic E-state index is -0.669. The molecule has 0 bridgehead atoms. The smallest absolute Gasteiger partial charge is 0.379 e. The average molecular weight is 247 g/mol. The molecule has 0 unspecified atom stereocenters. The molecule has 5 heteroatoms. The van der Waals surface area contributed by atoms with Gasteiger partial charge in [0.05, 0.1) is 6.61 Å². The molecule has 2 aromatic rings. The lowest BCUT2D eigenvalue weighted by Crippen LogP contribution is -2.17. The van der Waals surface area contributed by atoms with Crippen molar-refractivity contribution < 1.29 is 18.7 Å². The van der Waals surface area contributed by atoms with Gasteiger partial charge in [0.2, 0.25) is 5.75 Å². The SMILES string of the molecule is CCOC(=O)COc1[c]c2ccccc2oc1=O. The minimum absolute atomic E-state index is 0.123. The lowest BCUT2D eigenvalue weighted by atomic mass is 10.2. The number of carbonyl (C=O) groups excluding carboxylic acids is 1. The zero-order valence-corrected chi connectivity index (χ0v) is 9.76. The second-order valence-electron chi connectivity index (χ2n) is 3.43. The molecule has 0 aliphatic heterocycles. The number of hydrogen-bond acceptors (Lipinski definition) is 5. The van der Waals surface area contributed by atoms with E-state index in [0.29, 0.717) is 11.0 Å². The van der Waals surface area contributed by atoms with Crippen LogP contribution in [0.25, 0.3) is 11.0 Å². The van der Waals surface area contributed by atoms with Crippen molar-refractivity contribution in [3.63, 3.8) is 0 Å². The number of carbonyl (C=O) groups is 1. The van der Waals surface area contributed by atoms with Crippen LogP contribution in [0.2, 0.25) is 0 Å². The van der Waals surface area contributed by atoms with Crippen molar-refractivity contribution in [2.24, 2.45) is 0 Å². The summed E-state index contributed by atoms with van der Waals surface area (Å²) in [6, 6.07) is 9.68. The van der Waals surface area contributed by atoms with Crippen molar-refractivity contribution in [1.82, 2.24) is 0 Å². The summed E-state index contributed by atoms with van der Waals surface area (Å²) in [5, 5.41) is 0.607. The van der Waals surface area contributed by atoms with Crippen LogP contribution < -0.4 is 10.4 Å². The minimum Gasteiger partial charge on any atom is -0.474 e. The van der Waals surface area contributed by atoms with Gasteiger partial charge in [-0.25, -0.2) is 9.59 Å². The predicted molar refractivity (Wildman–Crippen MR) is 63.4 cm³/mol. The van der Waals surface area contributed by atoms with Gasteiger partial charge in [-0.3, -0.25) is 0 Å². The van der Waals surface area contributed by atoms with E-state index in [0.717, 1.165) is 0 Å². The van der Waals surface area contributed by atoms with Crippen molar-refractivity contribution in [1.29, 1.82) is 0 Å². The number of para-hydroxylation sites is 1. The number of rotatable bonds is 4. The Morgan fingerprint density at radius 1 is 1.39 bits per heavy atom. The Morgan fingerprint density at radius 2 is 2.17 bits per heavy atom. The molecule has 0 saturated heterocycles.